The van der Waals surface area contributed by atoms with E-state index in [0.717, 1.165) is 30.2 Å². The summed E-state index contributed by atoms with van der Waals surface area (Å²) in [5.74, 6) is 0.295. The highest BCUT2D eigenvalue weighted by molar-refractivity contribution is 5.32. The quantitative estimate of drug-likeness (QED) is 0.300. The Hall–Kier alpha value is -2.35. The highest BCUT2D eigenvalue weighted by Crippen LogP contribution is 2.31. The second kappa shape index (κ2) is 22.5. The van der Waals surface area contributed by atoms with Gasteiger partial charge in [0.1, 0.15) is 0 Å². The number of nitrogens with two attached hydrogens (primary N) is 4. The zero-order valence-electron chi connectivity index (χ0n) is 25.3. The van der Waals surface area contributed by atoms with Crippen LogP contribution >= 0.6 is 0 Å². The SMILES string of the molecule is CC.CCCCC.CN.Cc1ccccc1C(F)(F)F.Cc1ccccc1C(N)/C=C(\N)C1CCCCC1N. The molecule has 1 fully saturated rings. The Morgan fingerprint density at radius 1 is 0.897 bits per heavy atom. The van der Waals surface area contributed by atoms with E-state index < -0.39 is 11.7 Å². The normalized spacial score (nSPS) is 17.4. The van der Waals surface area contributed by atoms with Crippen LogP contribution in [0.5, 0.6) is 0 Å². The Bertz CT molecular complexity index is 895. The third-order valence-corrected chi connectivity index (χ3v) is 6.32. The second-order valence-corrected chi connectivity index (χ2v) is 9.27. The molecule has 0 spiro atoms. The van der Waals surface area contributed by atoms with Gasteiger partial charge in [0.15, 0.2) is 0 Å². The first kappa shape index (κ1) is 38.8. The van der Waals surface area contributed by atoms with Crippen molar-refractivity contribution in [2.24, 2.45) is 28.9 Å². The molecule has 8 N–H and O–H groups in total. The predicted octanol–water partition coefficient (Wildman–Crippen LogP) is 8.17. The Labute approximate surface area is 236 Å². The van der Waals surface area contributed by atoms with Crippen LogP contribution in [-0.2, 0) is 6.18 Å². The van der Waals surface area contributed by atoms with Crippen molar-refractivity contribution >= 4 is 0 Å². The van der Waals surface area contributed by atoms with E-state index in [1.165, 1.54) is 63.8 Å². The standard InChI is InChI=1S/C16H25N3.C8H7F3.C5H12.C2H6.CH5N/c1-11-6-2-3-7-12(11)15(18)10-16(19)13-8-4-5-9-14(13)17;1-6-4-2-3-5-7(6)8(9,10)11;1-3-5-4-2;2*1-2/h2-3,6-7,10,13-15H,4-5,8-9,17-19H2,1H3;2-5H,1H3;3-5H2,1-2H3;1-2H3;2H2,1H3/b16-10-;;;;. The van der Waals surface area contributed by atoms with Gasteiger partial charge in [0.25, 0.3) is 0 Å². The van der Waals surface area contributed by atoms with Gasteiger partial charge in [0.2, 0.25) is 0 Å². The van der Waals surface area contributed by atoms with Crippen molar-refractivity contribution in [2.75, 3.05) is 7.05 Å². The van der Waals surface area contributed by atoms with Crippen LogP contribution in [0.25, 0.3) is 0 Å². The fourth-order valence-corrected chi connectivity index (χ4v) is 4.20. The van der Waals surface area contributed by atoms with Gasteiger partial charge < -0.3 is 22.9 Å². The summed E-state index contributed by atoms with van der Waals surface area (Å²) in [4.78, 5) is 0. The third kappa shape index (κ3) is 15.7. The molecular formula is C32H55F3N4. The molecule has 0 amide bonds. The molecule has 0 radical (unpaired) electrons. The predicted molar refractivity (Wildman–Crippen MR) is 163 cm³/mol. The zero-order chi connectivity index (χ0) is 30.4. The smallest absolute Gasteiger partial charge is 0.402 e. The van der Waals surface area contributed by atoms with E-state index in [9.17, 15) is 13.2 Å². The number of hydrogen-bond acceptors (Lipinski definition) is 4. The van der Waals surface area contributed by atoms with Crippen LogP contribution in [0.3, 0.4) is 0 Å². The summed E-state index contributed by atoms with van der Waals surface area (Å²) in [6, 6.07) is 13.7. The summed E-state index contributed by atoms with van der Waals surface area (Å²) in [5, 5.41) is 0. The van der Waals surface area contributed by atoms with Crippen LogP contribution in [0.1, 0.15) is 101 Å². The largest absolute Gasteiger partial charge is 0.416 e. The van der Waals surface area contributed by atoms with Gasteiger partial charge in [-0.25, -0.2) is 0 Å². The molecule has 3 rings (SSSR count). The van der Waals surface area contributed by atoms with Crippen LogP contribution in [-0.4, -0.2) is 13.1 Å². The highest BCUT2D eigenvalue weighted by Gasteiger charge is 2.31. The van der Waals surface area contributed by atoms with Gasteiger partial charge in [-0.2, -0.15) is 13.2 Å². The molecule has 2 aromatic rings. The maximum absolute atomic E-state index is 12.0. The minimum Gasteiger partial charge on any atom is -0.402 e. The molecule has 39 heavy (non-hydrogen) atoms. The first-order chi connectivity index (χ1) is 18.5. The lowest BCUT2D eigenvalue weighted by Gasteiger charge is -2.29. The average Bonchev–Trinajstić information content (AvgIpc) is 2.92. The fourth-order valence-electron chi connectivity index (χ4n) is 4.20. The summed E-state index contributed by atoms with van der Waals surface area (Å²) >= 11 is 0. The van der Waals surface area contributed by atoms with Crippen molar-refractivity contribution in [2.45, 2.75) is 105 Å². The number of hydrogen-bond donors (Lipinski definition) is 4. The topological polar surface area (TPSA) is 104 Å². The van der Waals surface area contributed by atoms with Crippen LogP contribution < -0.4 is 22.9 Å². The van der Waals surface area contributed by atoms with Gasteiger partial charge in [-0.1, -0.05) is 102 Å². The molecule has 224 valence electrons. The zero-order valence-corrected chi connectivity index (χ0v) is 25.3. The molecule has 0 saturated heterocycles. The Balaban J connectivity index is 0. The lowest BCUT2D eigenvalue weighted by molar-refractivity contribution is -0.138. The van der Waals surface area contributed by atoms with Crippen molar-refractivity contribution in [3.05, 3.63) is 82.6 Å². The number of halogens is 3. The minimum absolute atomic E-state index is 0.143. The molecule has 0 heterocycles. The highest BCUT2D eigenvalue weighted by atomic mass is 19.4. The molecule has 3 atom stereocenters. The van der Waals surface area contributed by atoms with E-state index in [1.807, 2.05) is 32.1 Å². The molecule has 2 aromatic carbocycles. The first-order valence-corrected chi connectivity index (χ1v) is 14.3. The van der Waals surface area contributed by atoms with E-state index in [4.69, 9.17) is 17.2 Å². The number of unbranched alkanes of at least 4 members (excludes halogenated alkanes) is 2. The summed E-state index contributed by atoms with van der Waals surface area (Å²) in [5.41, 5.74) is 26.0. The van der Waals surface area contributed by atoms with Gasteiger partial charge >= 0.3 is 6.18 Å². The lowest BCUT2D eigenvalue weighted by Crippen LogP contribution is -2.36. The molecule has 4 nitrogen and oxygen atoms in total. The molecule has 0 aromatic heterocycles. The first-order valence-electron chi connectivity index (χ1n) is 14.3. The fraction of sp³-hybridized carbons (Fsp3) is 0.562. The molecule has 1 aliphatic carbocycles. The monoisotopic (exact) mass is 552 g/mol. The lowest BCUT2D eigenvalue weighted by atomic mass is 9.82. The van der Waals surface area contributed by atoms with Gasteiger partial charge in [0, 0.05) is 17.7 Å². The number of alkyl halides is 3. The summed E-state index contributed by atoms with van der Waals surface area (Å²) in [7, 11) is 1.50. The van der Waals surface area contributed by atoms with Crippen LogP contribution in [0.2, 0.25) is 0 Å². The number of aryl methyl sites for hydroxylation is 2. The molecule has 0 aliphatic heterocycles. The van der Waals surface area contributed by atoms with Crippen molar-refractivity contribution in [1.82, 2.24) is 0 Å². The third-order valence-electron chi connectivity index (χ3n) is 6.32. The van der Waals surface area contributed by atoms with Crippen LogP contribution in [0, 0.1) is 19.8 Å². The van der Waals surface area contributed by atoms with E-state index >= 15 is 0 Å². The average molecular weight is 553 g/mol. The van der Waals surface area contributed by atoms with E-state index in [-0.39, 0.29) is 17.6 Å². The minimum atomic E-state index is -4.22. The van der Waals surface area contributed by atoms with Gasteiger partial charge in [0.05, 0.1) is 11.6 Å². The van der Waals surface area contributed by atoms with Crippen LogP contribution in [0.4, 0.5) is 13.2 Å². The van der Waals surface area contributed by atoms with Crippen molar-refractivity contribution in [3.63, 3.8) is 0 Å². The Kier molecular flexibility index (Phi) is 22.3. The summed E-state index contributed by atoms with van der Waals surface area (Å²) < 4.78 is 36.1. The summed E-state index contributed by atoms with van der Waals surface area (Å²) in [6.45, 7) is 11.9. The van der Waals surface area contributed by atoms with Crippen molar-refractivity contribution < 1.29 is 13.2 Å². The Morgan fingerprint density at radius 3 is 1.79 bits per heavy atom. The van der Waals surface area contributed by atoms with Crippen molar-refractivity contribution in [3.8, 4) is 0 Å². The summed E-state index contributed by atoms with van der Waals surface area (Å²) in [6.07, 6.45) is 6.43. The molecule has 1 saturated carbocycles. The van der Waals surface area contributed by atoms with Gasteiger partial charge in [-0.3, -0.25) is 0 Å². The number of rotatable bonds is 5. The van der Waals surface area contributed by atoms with E-state index in [2.05, 4.69) is 38.6 Å². The molecule has 1 aliphatic rings. The molecule has 7 heteroatoms. The van der Waals surface area contributed by atoms with E-state index in [0.29, 0.717) is 5.92 Å². The van der Waals surface area contributed by atoms with Crippen LogP contribution in [0.15, 0.2) is 60.3 Å². The Morgan fingerprint density at radius 2 is 1.38 bits per heavy atom. The van der Waals surface area contributed by atoms with E-state index in [1.54, 1.807) is 6.07 Å². The number of benzene rings is 2. The molecular weight excluding hydrogens is 497 g/mol. The van der Waals surface area contributed by atoms with Gasteiger partial charge in [-0.05, 0) is 62.6 Å². The van der Waals surface area contributed by atoms with Crippen molar-refractivity contribution in [1.29, 1.82) is 0 Å². The molecule has 0 bridgehead atoms. The maximum Gasteiger partial charge on any atom is 0.416 e. The van der Waals surface area contributed by atoms with Gasteiger partial charge in [-0.15, -0.1) is 0 Å². The second-order valence-electron chi connectivity index (χ2n) is 9.27. The maximum atomic E-state index is 12.0. The molecule has 3 unspecified atom stereocenters.